The van der Waals surface area contributed by atoms with Gasteiger partial charge in [-0.15, -0.1) is 0 Å². The Morgan fingerprint density at radius 1 is 1.33 bits per heavy atom. The lowest BCUT2D eigenvalue weighted by Crippen LogP contribution is -2.25. The van der Waals surface area contributed by atoms with Crippen LogP contribution in [0.25, 0.3) is 0 Å². The number of aromatic nitrogens is 2. The van der Waals surface area contributed by atoms with Crippen molar-refractivity contribution in [2.24, 2.45) is 0 Å². The lowest BCUT2D eigenvalue weighted by molar-refractivity contribution is -0.115. The lowest BCUT2D eigenvalue weighted by atomic mass is 9.97. The normalized spacial score (nSPS) is 14.8. The number of aryl methyl sites for hydroxylation is 1. The van der Waals surface area contributed by atoms with Gasteiger partial charge in [0.2, 0.25) is 5.91 Å². The van der Waals surface area contributed by atoms with E-state index in [1.807, 2.05) is 6.07 Å². The van der Waals surface area contributed by atoms with Crippen molar-refractivity contribution in [3.05, 3.63) is 50.9 Å². The van der Waals surface area contributed by atoms with Crippen LogP contribution in [0.15, 0.2) is 34.2 Å². The van der Waals surface area contributed by atoms with Crippen LogP contribution >= 0.6 is 23.4 Å². The number of hydrogen-bond acceptors (Lipinski definition) is 4. The first kappa shape index (κ1) is 17.0. The van der Waals surface area contributed by atoms with Gasteiger partial charge in [-0.3, -0.25) is 9.59 Å². The van der Waals surface area contributed by atoms with Crippen LogP contribution < -0.4 is 10.9 Å². The highest BCUT2D eigenvalue weighted by molar-refractivity contribution is 8.00. The fourth-order valence-electron chi connectivity index (χ4n) is 2.65. The van der Waals surface area contributed by atoms with E-state index in [4.69, 9.17) is 11.6 Å². The van der Waals surface area contributed by atoms with Crippen LogP contribution in [0.2, 0.25) is 5.02 Å². The van der Waals surface area contributed by atoms with Crippen molar-refractivity contribution in [1.82, 2.24) is 9.97 Å². The molecule has 1 aromatic heterocycles. The number of H-pyrrole nitrogens is 1. The monoisotopic (exact) mass is 363 g/mol. The van der Waals surface area contributed by atoms with Crippen LogP contribution in [0.1, 0.15) is 31.0 Å². The Morgan fingerprint density at radius 3 is 2.88 bits per heavy atom. The van der Waals surface area contributed by atoms with Crippen LogP contribution in [0.3, 0.4) is 0 Å². The largest absolute Gasteiger partial charge is 0.324 e. The molecule has 1 atom stereocenters. The van der Waals surface area contributed by atoms with E-state index in [1.54, 1.807) is 25.1 Å². The summed E-state index contributed by atoms with van der Waals surface area (Å²) in [5, 5.41) is 3.36. The minimum Gasteiger partial charge on any atom is -0.324 e. The molecule has 0 radical (unpaired) electrons. The maximum atomic E-state index is 12.3. The summed E-state index contributed by atoms with van der Waals surface area (Å²) in [6.45, 7) is 1.77. The van der Waals surface area contributed by atoms with Crippen molar-refractivity contribution >= 4 is 35.0 Å². The highest BCUT2D eigenvalue weighted by Gasteiger charge is 2.20. The lowest BCUT2D eigenvalue weighted by Gasteiger charge is -2.16. The van der Waals surface area contributed by atoms with Crippen LogP contribution in [0.4, 0.5) is 5.69 Å². The fourth-order valence-corrected chi connectivity index (χ4v) is 3.65. The molecule has 3 rings (SSSR count). The van der Waals surface area contributed by atoms with E-state index in [2.05, 4.69) is 15.3 Å². The molecule has 24 heavy (non-hydrogen) atoms. The maximum absolute atomic E-state index is 12.3. The second kappa shape index (κ2) is 7.40. The third-order valence-corrected chi connectivity index (χ3v) is 5.27. The van der Waals surface area contributed by atoms with Gasteiger partial charge in [0.15, 0.2) is 5.16 Å². The van der Waals surface area contributed by atoms with Crippen LogP contribution in [-0.4, -0.2) is 21.1 Å². The molecule has 1 aliphatic carbocycles. The number of benzene rings is 1. The summed E-state index contributed by atoms with van der Waals surface area (Å²) >= 11 is 7.29. The number of thioether (sulfide) groups is 1. The topological polar surface area (TPSA) is 74.8 Å². The highest BCUT2D eigenvalue weighted by atomic mass is 35.5. The van der Waals surface area contributed by atoms with Crippen molar-refractivity contribution in [2.45, 2.75) is 43.0 Å². The number of carbonyl (C=O) groups excluding carboxylic acids is 1. The number of rotatable bonds is 4. The number of halogens is 1. The van der Waals surface area contributed by atoms with Gasteiger partial charge in [0, 0.05) is 5.56 Å². The van der Waals surface area contributed by atoms with Gasteiger partial charge in [0.25, 0.3) is 5.56 Å². The molecule has 1 aliphatic rings. The van der Waals surface area contributed by atoms with Crippen molar-refractivity contribution in [3.63, 3.8) is 0 Å². The second-order valence-electron chi connectivity index (χ2n) is 5.73. The first-order valence-corrected chi connectivity index (χ1v) is 9.14. The van der Waals surface area contributed by atoms with E-state index >= 15 is 0 Å². The van der Waals surface area contributed by atoms with E-state index in [-0.39, 0.29) is 11.5 Å². The van der Waals surface area contributed by atoms with E-state index in [9.17, 15) is 9.59 Å². The standard InChI is InChI=1S/C17H18ClN3O2S/c1-10(15(22)19-14-9-5-3-7-12(14)18)24-17-20-13-8-4-2-6-11(13)16(23)21-17/h3,5,7,9-10H,2,4,6,8H2,1H3,(H,19,22)(H,20,21,23)/t10-/m0/s1. The number of nitrogens with zero attached hydrogens (tertiary/aromatic N) is 1. The average Bonchev–Trinajstić information content (AvgIpc) is 2.57. The summed E-state index contributed by atoms with van der Waals surface area (Å²) in [6, 6.07) is 7.08. The molecule has 2 aromatic rings. The maximum Gasteiger partial charge on any atom is 0.254 e. The summed E-state index contributed by atoms with van der Waals surface area (Å²) in [6.07, 6.45) is 3.69. The predicted octanol–water partition coefficient (Wildman–Crippen LogP) is 3.42. The Morgan fingerprint density at radius 2 is 2.08 bits per heavy atom. The first-order valence-electron chi connectivity index (χ1n) is 7.88. The minimum atomic E-state index is -0.411. The molecule has 0 fully saturated rings. The average molecular weight is 364 g/mol. The van der Waals surface area contributed by atoms with E-state index in [0.29, 0.717) is 15.9 Å². The fraction of sp³-hybridized carbons (Fsp3) is 0.353. The van der Waals surface area contributed by atoms with E-state index in [0.717, 1.165) is 36.9 Å². The quantitative estimate of drug-likeness (QED) is 0.644. The zero-order valence-electron chi connectivity index (χ0n) is 13.3. The minimum absolute atomic E-state index is 0.0825. The Balaban J connectivity index is 1.71. The zero-order chi connectivity index (χ0) is 17.1. The Hall–Kier alpha value is -1.79. The third kappa shape index (κ3) is 3.82. The van der Waals surface area contributed by atoms with Gasteiger partial charge in [-0.25, -0.2) is 4.98 Å². The molecule has 1 amide bonds. The SMILES string of the molecule is C[C@H](Sc1nc2c(c(=O)[nH]1)CCCC2)C(=O)Nc1ccccc1Cl. The smallest absolute Gasteiger partial charge is 0.254 e. The summed E-state index contributed by atoms with van der Waals surface area (Å²) in [7, 11) is 0. The molecule has 1 heterocycles. The molecule has 0 saturated heterocycles. The van der Waals surface area contributed by atoms with Gasteiger partial charge in [-0.1, -0.05) is 35.5 Å². The summed E-state index contributed by atoms with van der Waals surface area (Å²) in [5.41, 5.74) is 2.15. The zero-order valence-corrected chi connectivity index (χ0v) is 14.8. The predicted molar refractivity (Wildman–Crippen MR) is 96.9 cm³/mol. The van der Waals surface area contributed by atoms with E-state index < -0.39 is 5.25 Å². The number of anilines is 1. The number of nitrogens with one attached hydrogen (secondary N) is 2. The van der Waals surface area contributed by atoms with Crippen LogP contribution in [0, 0.1) is 0 Å². The van der Waals surface area contributed by atoms with Crippen LogP contribution in [0.5, 0.6) is 0 Å². The molecule has 0 aliphatic heterocycles. The number of hydrogen-bond donors (Lipinski definition) is 2. The number of carbonyl (C=O) groups is 1. The molecular weight excluding hydrogens is 346 g/mol. The Kier molecular flexibility index (Phi) is 5.26. The molecule has 5 nitrogen and oxygen atoms in total. The van der Waals surface area contributed by atoms with Crippen molar-refractivity contribution in [1.29, 1.82) is 0 Å². The molecule has 1 aromatic carbocycles. The van der Waals surface area contributed by atoms with Gasteiger partial charge in [0.05, 0.1) is 21.7 Å². The first-order chi connectivity index (χ1) is 11.5. The summed E-state index contributed by atoms with van der Waals surface area (Å²) in [4.78, 5) is 31.8. The van der Waals surface area contributed by atoms with Gasteiger partial charge >= 0.3 is 0 Å². The number of fused-ring (bicyclic) bond motifs is 1. The molecule has 0 bridgehead atoms. The molecule has 0 saturated carbocycles. The highest BCUT2D eigenvalue weighted by Crippen LogP contribution is 2.25. The van der Waals surface area contributed by atoms with Crippen molar-refractivity contribution in [2.75, 3.05) is 5.32 Å². The van der Waals surface area contributed by atoms with Crippen LogP contribution in [-0.2, 0) is 17.6 Å². The molecule has 0 unspecified atom stereocenters. The molecule has 0 spiro atoms. The Labute approximate surface area is 149 Å². The Bertz CT molecular complexity index is 822. The van der Waals surface area contributed by atoms with Crippen molar-refractivity contribution in [3.8, 4) is 0 Å². The molecular formula is C17H18ClN3O2S. The number of para-hydroxylation sites is 1. The van der Waals surface area contributed by atoms with Gasteiger partial charge in [-0.2, -0.15) is 0 Å². The molecule has 126 valence electrons. The van der Waals surface area contributed by atoms with E-state index in [1.165, 1.54) is 11.8 Å². The van der Waals surface area contributed by atoms with Gasteiger partial charge < -0.3 is 10.3 Å². The summed E-state index contributed by atoms with van der Waals surface area (Å²) < 4.78 is 0. The summed E-state index contributed by atoms with van der Waals surface area (Å²) in [5.74, 6) is -0.187. The number of amides is 1. The van der Waals surface area contributed by atoms with Gasteiger partial charge in [-0.05, 0) is 44.7 Å². The van der Waals surface area contributed by atoms with Gasteiger partial charge in [0.1, 0.15) is 0 Å². The molecule has 2 N–H and O–H groups in total. The molecule has 7 heteroatoms. The second-order valence-corrected chi connectivity index (χ2v) is 7.47. The third-order valence-electron chi connectivity index (χ3n) is 3.96. The number of aromatic amines is 1. The van der Waals surface area contributed by atoms with Crippen molar-refractivity contribution < 1.29 is 4.79 Å².